The quantitative estimate of drug-likeness (QED) is 0.777. The average molecular weight is 227 g/mol. The Labute approximate surface area is 102 Å². The molecule has 0 spiro atoms. The molecule has 0 atom stereocenters. The third-order valence-electron chi connectivity index (χ3n) is 4.15. The van der Waals surface area contributed by atoms with Gasteiger partial charge in [0.15, 0.2) is 0 Å². The number of nitriles is 1. The standard InChI is InChI=1S/C14H17N3/c15-8-10-1-4-13(12(16)7-10)17-9-14(5-6-14)11-2-3-11/h1,4,7,11,17H,2-3,5-6,9,16H2. The summed E-state index contributed by atoms with van der Waals surface area (Å²) in [4.78, 5) is 0. The minimum atomic E-state index is 0.570. The van der Waals surface area contributed by atoms with Gasteiger partial charge >= 0.3 is 0 Å². The Bertz CT molecular complexity index is 479. The zero-order valence-electron chi connectivity index (χ0n) is 9.87. The highest BCUT2D eigenvalue weighted by Gasteiger charge is 2.53. The molecule has 2 aliphatic carbocycles. The zero-order valence-corrected chi connectivity index (χ0v) is 9.87. The molecule has 0 radical (unpaired) electrons. The lowest BCUT2D eigenvalue weighted by Gasteiger charge is -2.17. The summed E-state index contributed by atoms with van der Waals surface area (Å²) >= 11 is 0. The molecule has 1 aromatic carbocycles. The van der Waals surface area contributed by atoms with Crippen LogP contribution in [0.25, 0.3) is 0 Å². The van der Waals surface area contributed by atoms with Crippen molar-refractivity contribution >= 4 is 11.4 Å². The van der Waals surface area contributed by atoms with Crippen LogP contribution in [-0.2, 0) is 0 Å². The Morgan fingerprint density at radius 3 is 2.71 bits per heavy atom. The average Bonchev–Trinajstić information content (AvgIpc) is 3.18. The van der Waals surface area contributed by atoms with Gasteiger partial charge in [-0.15, -0.1) is 0 Å². The van der Waals surface area contributed by atoms with Crippen LogP contribution >= 0.6 is 0 Å². The van der Waals surface area contributed by atoms with Gasteiger partial charge in [-0.25, -0.2) is 0 Å². The molecule has 0 unspecified atom stereocenters. The lowest BCUT2D eigenvalue weighted by atomic mass is 10.0. The summed E-state index contributed by atoms with van der Waals surface area (Å²) in [6, 6.07) is 7.56. The van der Waals surface area contributed by atoms with E-state index in [9.17, 15) is 0 Å². The fourth-order valence-corrected chi connectivity index (χ4v) is 2.65. The van der Waals surface area contributed by atoms with Gasteiger partial charge in [0.2, 0.25) is 0 Å². The van der Waals surface area contributed by atoms with Crippen LogP contribution in [0.3, 0.4) is 0 Å². The zero-order chi connectivity index (χ0) is 11.9. The number of nitrogens with zero attached hydrogens (tertiary/aromatic N) is 1. The Morgan fingerprint density at radius 1 is 1.41 bits per heavy atom. The second-order valence-electron chi connectivity index (χ2n) is 5.40. The minimum Gasteiger partial charge on any atom is -0.397 e. The van der Waals surface area contributed by atoms with Crippen LogP contribution in [0.4, 0.5) is 11.4 Å². The number of hydrogen-bond donors (Lipinski definition) is 2. The van der Waals surface area contributed by atoms with Crippen molar-refractivity contribution in [2.75, 3.05) is 17.6 Å². The van der Waals surface area contributed by atoms with Crippen molar-refractivity contribution in [2.45, 2.75) is 25.7 Å². The predicted octanol–water partition coefficient (Wildman–Crippen LogP) is 2.74. The fraction of sp³-hybridized carbons (Fsp3) is 0.500. The Kier molecular flexibility index (Phi) is 2.25. The second kappa shape index (κ2) is 3.66. The molecule has 17 heavy (non-hydrogen) atoms. The summed E-state index contributed by atoms with van der Waals surface area (Å²) in [5.41, 5.74) is 8.76. The van der Waals surface area contributed by atoms with Crippen molar-refractivity contribution < 1.29 is 0 Å². The summed E-state index contributed by atoms with van der Waals surface area (Å²) in [6.07, 6.45) is 5.54. The van der Waals surface area contributed by atoms with Crippen LogP contribution in [-0.4, -0.2) is 6.54 Å². The van der Waals surface area contributed by atoms with Gasteiger partial charge in [0.1, 0.15) is 0 Å². The van der Waals surface area contributed by atoms with Gasteiger partial charge in [-0.1, -0.05) is 0 Å². The van der Waals surface area contributed by atoms with E-state index < -0.39 is 0 Å². The number of nitrogens with two attached hydrogens (primary N) is 1. The molecule has 0 saturated heterocycles. The van der Waals surface area contributed by atoms with Gasteiger partial charge in [-0.3, -0.25) is 0 Å². The highest BCUT2D eigenvalue weighted by Crippen LogP contribution is 2.61. The van der Waals surface area contributed by atoms with E-state index in [1.54, 1.807) is 6.07 Å². The van der Waals surface area contributed by atoms with Crippen LogP contribution in [0.1, 0.15) is 31.2 Å². The Balaban J connectivity index is 1.67. The van der Waals surface area contributed by atoms with E-state index in [1.807, 2.05) is 12.1 Å². The maximum absolute atomic E-state index is 8.78. The lowest BCUT2D eigenvalue weighted by Crippen LogP contribution is -2.18. The second-order valence-corrected chi connectivity index (χ2v) is 5.40. The van der Waals surface area contributed by atoms with Crippen molar-refractivity contribution in [1.82, 2.24) is 0 Å². The number of rotatable bonds is 4. The van der Waals surface area contributed by atoms with Crippen molar-refractivity contribution in [3.8, 4) is 6.07 Å². The molecule has 2 aliphatic rings. The molecular formula is C14H17N3. The molecule has 88 valence electrons. The van der Waals surface area contributed by atoms with Gasteiger partial charge < -0.3 is 11.1 Å². The smallest absolute Gasteiger partial charge is 0.0992 e. The number of benzene rings is 1. The molecule has 0 heterocycles. The van der Waals surface area contributed by atoms with Gasteiger partial charge in [0.05, 0.1) is 23.0 Å². The van der Waals surface area contributed by atoms with E-state index in [1.165, 1.54) is 25.7 Å². The van der Waals surface area contributed by atoms with Crippen molar-refractivity contribution in [3.63, 3.8) is 0 Å². The summed E-state index contributed by atoms with van der Waals surface area (Å²) in [5, 5.41) is 12.2. The molecule has 3 nitrogen and oxygen atoms in total. The van der Waals surface area contributed by atoms with E-state index in [-0.39, 0.29) is 0 Å². The first-order chi connectivity index (χ1) is 8.23. The third kappa shape index (κ3) is 1.95. The van der Waals surface area contributed by atoms with Crippen LogP contribution in [0.5, 0.6) is 0 Å². The molecule has 3 N–H and O–H groups in total. The van der Waals surface area contributed by atoms with Crippen LogP contribution in [0, 0.1) is 22.7 Å². The van der Waals surface area contributed by atoms with Crippen molar-refractivity contribution in [3.05, 3.63) is 23.8 Å². The number of hydrogen-bond acceptors (Lipinski definition) is 3. The minimum absolute atomic E-state index is 0.570. The van der Waals surface area contributed by atoms with E-state index >= 15 is 0 Å². The molecule has 0 amide bonds. The normalized spacial score (nSPS) is 20.6. The first kappa shape index (κ1) is 10.5. The summed E-state index contributed by atoms with van der Waals surface area (Å²) < 4.78 is 0. The topological polar surface area (TPSA) is 61.8 Å². The SMILES string of the molecule is N#Cc1ccc(NCC2(C3CC3)CC2)c(N)c1. The van der Waals surface area contributed by atoms with E-state index in [4.69, 9.17) is 11.0 Å². The third-order valence-corrected chi connectivity index (χ3v) is 4.15. The van der Waals surface area contributed by atoms with E-state index in [0.717, 1.165) is 18.2 Å². The first-order valence-corrected chi connectivity index (χ1v) is 6.27. The van der Waals surface area contributed by atoms with Crippen molar-refractivity contribution in [2.24, 2.45) is 11.3 Å². The van der Waals surface area contributed by atoms with E-state index in [2.05, 4.69) is 11.4 Å². The van der Waals surface area contributed by atoms with Crippen molar-refractivity contribution in [1.29, 1.82) is 5.26 Å². The highest BCUT2D eigenvalue weighted by atomic mass is 14.9. The summed E-state index contributed by atoms with van der Waals surface area (Å²) in [5.74, 6) is 0.953. The molecule has 0 aliphatic heterocycles. The molecule has 0 bridgehead atoms. The highest BCUT2D eigenvalue weighted by molar-refractivity contribution is 5.68. The molecular weight excluding hydrogens is 210 g/mol. The van der Waals surface area contributed by atoms with Gasteiger partial charge in [0, 0.05) is 6.54 Å². The molecule has 3 heteroatoms. The Morgan fingerprint density at radius 2 is 2.18 bits per heavy atom. The fourth-order valence-electron chi connectivity index (χ4n) is 2.65. The molecule has 1 aromatic rings. The molecule has 2 fully saturated rings. The first-order valence-electron chi connectivity index (χ1n) is 6.27. The number of nitrogens with one attached hydrogen (secondary N) is 1. The number of nitrogen functional groups attached to an aromatic ring is 1. The van der Waals surface area contributed by atoms with Gasteiger partial charge in [-0.05, 0) is 55.2 Å². The monoisotopic (exact) mass is 227 g/mol. The predicted molar refractivity (Wildman–Crippen MR) is 68.5 cm³/mol. The summed E-state index contributed by atoms with van der Waals surface area (Å²) in [7, 11) is 0. The molecule has 2 saturated carbocycles. The largest absolute Gasteiger partial charge is 0.397 e. The maximum atomic E-state index is 8.78. The van der Waals surface area contributed by atoms with E-state index in [0.29, 0.717) is 16.7 Å². The lowest BCUT2D eigenvalue weighted by molar-refractivity contribution is 0.467. The van der Waals surface area contributed by atoms with Crippen LogP contribution < -0.4 is 11.1 Å². The Hall–Kier alpha value is -1.69. The summed E-state index contributed by atoms with van der Waals surface area (Å²) in [6.45, 7) is 1.04. The number of anilines is 2. The maximum Gasteiger partial charge on any atom is 0.0992 e. The van der Waals surface area contributed by atoms with Crippen LogP contribution in [0.15, 0.2) is 18.2 Å². The van der Waals surface area contributed by atoms with Crippen LogP contribution in [0.2, 0.25) is 0 Å². The van der Waals surface area contributed by atoms with Gasteiger partial charge in [-0.2, -0.15) is 5.26 Å². The van der Waals surface area contributed by atoms with Gasteiger partial charge in [0.25, 0.3) is 0 Å². The molecule has 3 rings (SSSR count). The molecule has 0 aromatic heterocycles.